The van der Waals surface area contributed by atoms with E-state index in [4.69, 9.17) is 9.47 Å². The molecule has 26 heavy (non-hydrogen) atoms. The first-order valence-corrected chi connectivity index (χ1v) is 9.78. The number of hydrogen-bond acceptors (Lipinski definition) is 4. The summed E-state index contributed by atoms with van der Waals surface area (Å²) in [6, 6.07) is 0.249. The Morgan fingerprint density at radius 2 is 1.88 bits per heavy atom. The van der Waals surface area contributed by atoms with E-state index in [0.717, 1.165) is 45.0 Å². The summed E-state index contributed by atoms with van der Waals surface area (Å²) in [6.45, 7) is 9.80. The molecule has 1 saturated carbocycles. The zero-order chi connectivity index (χ0) is 19.2. The molecule has 2 fully saturated rings. The molecule has 0 bridgehead atoms. The SMILES string of the molecule is CN=C(NCCOC)N1CCC(N(CC2CC2)C(=O)OC(C)(C)C)CC1. The number of nitrogens with zero attached hydrogens (tertiary/aromatic N) is 3. The molecule has 1 heterocycles. The Morgan fingerprint density at radius 1 is 1.23 bits per heavy atom. The molecule has 1 aliphatic heterocycles. The Morgan fingerprint density at radius 3 is 2.38 bits per heavy atom. The molecular formula is C19H36N4O3. The quantitative estimate of drug-likeness (QED) is 0.443. The second kappa shape index (κ2) is 9.44. The summed E-state index contributed by atoms with van der Waals surface area (Å²) in [6.07, 6.45) is 4.18. The number of aliphatic imine (C=N–C) groups is 1. The maximum Gasteiger partial charge on any atom is 0.410 e. The van der Waals surface area contributed by atoms with Crippen LogP contribution in [0.4, 0.5) is 4.79 Å². The molecule has 0 spiro atoms. The van der Waals surface area contributed by atoms with Crippen molar-refractivity contribution < 1.29 is 14.3 Å². The number of methoxy groups -OCH3 is 1. The molecule has 0 aromatic heterocycles. The maximum absolute atomic E-state index is 12.7. The van der Waals surface area contributed by atoms with Gasteiger partial charge < -0.3 is 24.6 Å². The number of piperidine rings is 1. The van der Waals surface area contributed by atoms with Crippen molar-refractivity contribution in [2.24, 2.45) is 10.9 Å². The van der Waals surface area contributed by atoms with Gasteiger partial charge in [-0.3, -0.25) is 4.99 Å². The van der Waals surface area contributed by atoms with Gasteiger partial charge in [-0.2, -0.15) is 0 Å². The first-order valence-electron chi connectivity index (χ1n) is 9.78. The van der Waals surface area contributed by atoms with Crippen LogP contribution < -0.4 is 5.32 Å². The highest BCUT2D eigenvalue weighted by Crippen LogP contribution is 2.32. The largest absolute Gasteiger partial charge is 0.444 e. The first kappa shape index (κ1) is 20.8. The Balaban J connectivity index is 1.90. The maximum atomic E-state index is 12.7. The molecule has 7 heteroatoms. The van der Waals surface area contributed by atoms with Gasteiger partial charge in [0.25, 0.3) is 0 Å². The molecule has 0 unspecified atom stereocenters. The molecule has 1 N–H and O–H groups in total. The van der Waals surface area contributed by atoms with Crippen LogP contribution in [0, 0.1) is 5.92 Å². The monoisotopic (exact) mass is 368 g/mol. The fourth-order valence-electron chi connectivity index (χ4n) is 3.26. The third-order valence-corrected chi connectivity index (χ3v) is 4.79. The van der Waals surface area contributed by atoms with Crippen LogP contribution in [0.5, 0.6) is 0 Å². The number of rotatable bonds is 6. The van der Waals surface area contributed by atoms with E-state index in [1.807, 2.05) is 25.7 Å². The number of carbonyl (C=O) groups excluding carboxylic acids is 1. The van der Waals surface area contributed by atoms with Crippen LogP contribution in [0.2, 0.25) is 0 Å². The highest BCUT2D eigenvalue weighted by atomic mass is 16.6. The lowest BCUT2D eigenvalue weighted by molar-refractivity contribution is 0.00927. The van der Waals surface area contributed by atoms with Crippen molar-refractivity contribution >= 4 is 12.1 Å². The Kier molecular flexibility index (Phi) is 7.55. The summed E-state index contributed by atoms with van der Waals surface area (Å²) in [5.74, 6) is 1.57. The minimum absolute atomic E-state index is 0.162. The molecule has 0 atom stereocenters. The van der Waals surface area contributed by atoms with Crippen LogP contribution in [-0.2, 0) is 9.47 Å². The van der Waals surface area contributed by atoms with Gasteiger partial charge in [-0.1, -0.05) is 0 Å². The molecule has 1 saturated heterocycles. The molecule has 150 valence electrons. The van der Waals surface area contributed by atoms with E-state index in [2.05, 4.69) is 15.2 Å². The highest BCUT2D eigenvalue weighted by molar-refractivity contribution is 5.80. The normalized spacial score (nSPS) is 19.4. The van der Waals surface area contributed by atoms with Crippen molar-refractivity contribution in [1.29, 1.82) is 0 Å². The van der Waals surface area contributed by atoms with Crippen molar-refractivity contribution in [1.82, 2.24) is 15.1 Å². The standard InChI is InChI=1S/C19H36N4O3/c1-19(2,3)26-18(24)23(14-15-6-7-15)16-8-11-22(12-9-16)17(20-4)21-10-13-25-5/h15-16H,6-14H2,1-5H3,(H,20,21). The lowest BCUT2D eigenvalue weighted by Crippen LogP contribution is -2.52. The number of carbonyl (C=O) groups is 1. The molecule has 0 radical (unpaired) electrons. The van der Waals surface area contributed by atoms with Crippen LogP contribution in [0.1, 0.15) is 46.5 Å². The molecule has 0 aromatic rings. The van der Waals surface area contributed by atoms with Gasteiger partial charge in [-0.25, -0.2) is 4.79 Å². The van der Waals surface area contributed by atoms with E-state index in [1.165, 1.54) is 12.8 Å². The van der Waals surface area contributed by atoms with E-state index < -0.39 is 5.60 Å². The van der Waals surface area contributed by atoms with Crippen molar-refractivity contribution in [3.63, 3.8) is 0 Å². The average Bonchev–Trinajstić information content (AvgIpc) is 3.40. The van der Waals surface area contributed by atoms with E-state index >= 15 is 0 Å². The van der Waals surface area contributed by atoms with E-state index in [9.17, 15) is 4.79 Å². The van der Waals surface area contributed by atoms with Gasteiger partial charge in [-0.15, -0.1) is 0 Å². The summed E-state index contributed by atoms with van der Waals surface area (Å²) >= 11 is 0. The minimum atomic E-state index is -0.451. The minimum Gasteiger partial charge on any atom is -0.444 e. The van der Waals surface area contributed by atoms with Crippen molar-refractivity contribution in [2.45, 2.75) is 58.1 Å². The number of ether oxygens (including phenoxy) is 2. The third kappa shape index (κ3) is 6.67. The van der Waals surface area contributed by atoms with Crippen LogP contribution in [0.25, 0.3) is 0 Å². The van der Waals surface area contributed by atoms with Crippen molar-refractivity contribution in [3.05, 3.63) is 0 Å². The van der Waals surface area contributed by atoms with Crippen LogP contribution in [-0.4, -0.2) is 80.4 Å². The van der Waals surface area contributed by atoms with Gasteiger partial charge in [-0.05, 0) is 52.4 Å². The van der Waals surface area contributed by atoms with Gasteiger partial charge in [0.15, 0.2) is 5.96 Å². The number of guanidine groups is 1. The zero-order valence-corrected chi connectivity index (χ0v) is 17.1. The third-order valence-electron chi connectivity index (χ3n) is 4.79. The fourth-order valence-corrected chi connectivity index (χ4v) is 3.26. The van der Waals surface area contributed by atoms with E-state index in [-0.39, 0.29) is 12.1 Å². The number of amides is 1. The van der Waals surface area contributed by atoms with E-state index in [1.54, 1.807) is 14.2 Å². The number of nitrogens with one attached hydrogen (secondary N) is 1. The summed E-state index contributed by atoms with van der Waals surface area (Å²) in [7, 11) is 3.50. The lowest BCUT2D eigenvalue weighted by atomic mass is 10.0. The van der Waals surface area contributed by atoms with Crippen LogP contribution >= 0.6 is 0 Å². The number of likely N-dealkylation sites (tertiary alicyclic amines) is 1. The number of hydrogen-bond donors (Lipinski definition) is 1. The smallest absolute Gasteiger partial charge is 0.410 e. The van der Waals surface area contributed by atoms with Gasteiger partial charge in [0, 0.05) is 46.4 Å². The molecule has 0 aromatic carbocycles. The topological polar surface area (TPSA) is 66.4 Å². The van der Waals surface area contributed by atoms with Crippen molar-refractivity contribution in [3.8, 4) is 0 Å². The first-order chi connectivity index (χ1) is 12.3. The molecule has 7 nitrogen and oxygen atoms in total. The summed E-state index contributed by atoms with van der Waals surface area (Å²) < 4.78 is 10.8. The second-order valence-electron chi connectivity index (χ2n) is 8.26. The van der Waals surface area contributed by atoms with Crippen molar-refractivity contribution in [2.75, 3.05) is 46.9 Å². The molecule has 2 aliphatic rings. The van der Waals surface area contributed by atoms with Gasteiger partial charge in [0.1, 0.15) is 5.60 Å². The summed E-state index contributed by atoms with van der Waals surface area (Å²) in [4.78, 5) is 21.3. The second-order valence-corrected chi connectivity index (χ2v) is 8.26. The van der Waals surface area contributed by atoms with E-state index in [0.29, 0.717) is 12.5 Å². The lowest BCUT2D eigenvalue weighted by Gasteiger charge is -2.40. The summed E-state index contributed by atoms with van der Waals surface area (Å²) in [5.41, 5.74) is -0.451. The fraction of sp³-hybridized carbons (Fsp3) is 0.895. The molecule has 1 aliphatic carbocycles. The molecule has 2 rings (SSSR count). The highest BCUT2D eigenvalue weighted by Gasteiger charge is 2.35. The van der Waals surface area contributed by atoms with Crippen LogP contribution in [0.15, 0.2) is 4.99 Å². The van der Waals surface area contributed by atoms with Gasteiger partial charge in [0.05, 0.1) is 6.61 Å². The van der Waals surface area contributed by atoms with Gasteiger partial charge >= 0.3 is 6.09 Å². The predicted octanol–water partition coefficient (Wildman–Crippen LogP) is 2.32. The molecular weight excluding hydrogens is 332 g/mol. The predicted molar refractivity (Wildman–Crippen MR) is 103 cm³/mol. The summed E-state index contributed by atoms with van der Waals surface area (Å²) in [5, 5.41) is 3.33. The van der Waals surface area contributed by atoms with Gasteiger partial charge in [0.2, 0.25) is 0 Å². The average molecular weight is 369 g/mol. The Bertz CT molecular complexity index is 478. The Labute approximate surface area is 158 Å². The zero-order valence-electron chi connectivity index (χ0n) is 17.1. The van der Waals surface area contributed by atoms with Crippen LogP contribution in [0.3, 0.4) is 0 Å². The Hall–Kier alpha value is -1.50. The molecule has 1 amide bonds.